The van der Waals surface area contributed by atoms with Gasteiger partial charge in [0.1, 0.15) is 5.82 Å². The summed E-state index contributed by atoms with van der Waals surface area (Å²) in [5.74, 6) is 1.64. The number of hydrogen-bond donors (Lipinski definition) is 1. The standard InChI is InChI=1S/C19H26N8O2/c1-3-10-27-16(8-9-20-27)22-19(28)26-11-6-4-5-7-15(26)17-23-18(29-24-17)14-12-21-25(2)13-14/h8-9,12-13,15H,3-7,10-11H2,1-2H3,(H,22,28). The summed E-state index contributed by atoms with van der Waals surface area (Å²) < 4.78 is 8.95. The van der Waals surface area contributed by atoms with Crippen molar-refractivity contribution in [2.24, 2.45) is 7.05 Å². The van der Waals surface area contributed by atoms with Crippen molar-refractivity contribution in [1.29, 1.82) is 0 Å². The number of amides is 2. The van der Waals surface area contributed by atoms with E-state index >= 15 is 0 Å². The smallest absolute Gasteiger partial charge is 0.323 e. The first-order valence-electron chi connectivity index (χ1n) is 10.1. The van der Waals surface area contributed by atoms with Crippen molar-refractivity contribution >= 4 is 11.8 Å². The fourth-order valence-corrected chi connectivity index (χ4v) is 3.65. The number of rotatable bonds is 5. The number of nitrogens with zero attached hydrogens (tertiary/aromatic N) is 7. The second-order valence-corrected chi connectivity index (χ2v) is 7.29. The number of aryl methyl sites for hydroxylation is 2. The van der Waals surface area contributed by atoms with Gasteiger partial charge in [0.25, 0.3) is 5.89 Å². The van der Waals surface area contributed by atoms with Crippen LogP contribution in [0.25, 0.3) is 11.5 Å². The predicted octanol–water partition coefficient (Wildman–Crippen LogP) is 3.23. The van der Waals surface area contributed by atoms with Crippen LogP contribution in [0, 0.1) is 0 Å². The number of carbonyl (C=O) groups is 1. The summed E-state index contributed by atoms with van der Waals surface area (Å²) in [5.41, 5.74) is 0.763. The van der Waals surface area contributed by atoms with Crippen LogP contribution in [-0.4, -0.2) is 47.2 Å². The summed E-state index contributed by atoms with van der Waals surface area (Å²) in [4.78, 5) is 19.5. The summed E-state index contributed by atoms with van der Waals surface area (Å²) in [6, 6.07) is 1.42. The number of anilines is 1. The van der Waals surface area contributed by atoms with Crippen molar-refractivity contribution in [1.82, 2.24) is 34.6 Å². The number of urea groups is 1. The van der Waals surface area contributed by atoms with Crippen molar-refractivity contribution in [3.8, 4) is 11.5 Å². The van der Waals surface area contributed by atoms with Crippen LogP contribution in [-0.2, 0) is 13.6 Å². The Balaban J connectivity index is 1.55. The third-order valence-corrected chi connectivity index (χ3v) is 5.09. The van der Waals surface area contributed by atoms with Crippen LogP contribution in [0.1, 0.15) is 50.9 Å². The van der Waals surface area contributed by atoms with Crippen LogP contribution in [0.15, 0.2) is 29.2 Å². The topological polar surface area (TPSA) is 107 Å². The Hall–Kier alpha value is -3.17. The van der Waals surface area contributed by atoms with Gasteiger partial charge in [-0.15, -0.1) is 0 Å². The van der Waals surface area contributed by atoms with E-state index in [2.05, 4.69) is 32.6 Å². The maximum absolute atomic E-state index is 13.1. The molecule has 0 radical (unpaired) electrons. The minimum absolute atomic E-state index is 0.164. The van der Waals surface area contributed by atoms with Gasteiger partial charge in [-0.3, -0.25) is 10.00 Å². The second-order valence-electron chi connectivity index (χ2n) is 7.29. The zero-order chi connectivity index (χ0) is 20.2. The largest absolute Gasteiger partial charge is 0.334 e. The van der Waals surface area contributed by atoms with Crippen LogP contribution < -0.4 is 5.32 Å². The summed E-state index contributed by atoms with van der Waals surface area (Å²) in [5, 5.41) is 15.6. The molecule has 1 aliphatic heterocycles. The number of aromatic nitrogens is 6. The van der Waals surface area contributed by atoms with Gasteiger partial charge < -0.3 is 9.42 Å². The SMILES string of the molecule is CCCn1nccc1NC(=O)N1CCCCCC1c1noc(-c2cnn(C)c2)n1. The molecule has 1 N–H and O–H groups in total. The molecule has 0 spiro atoms. The quantitative estimate of drug-likeness (QED) is 0.707. The minimum atomic E-state index is -0.228. The molecule has 0 aliphatic carbocycles. The Labute approximate surface area is 168 Å². The van der Waals surface area contributed by atoms with E-state index in [1.807, 2.05) is 24.2 Å². The van der Waals surface area contributed by atoms with E-state index in [4.69, 9.17) is 4.52 Å². The van der Waals surface area contributed by atoms with E-state index in [0.717, 1.165) is 44.2 Å². The third kappa shape index (κ3) is 4.15. The molecule has 0 aromatic carbocycles. The number of hydrogen-bond acceptors (Lipinski definition) is 6. The molecule has 1 fully saturated rings. The van der Waals surface area contributed by atoms with E-state index < -0.39 is 0 Å². The first-order chi connectivity index (χ1) is 14.2. The number of nitrogens with one attached hydrogen (secondary N) is 1. The first kappa shape index (κ1) is 19.2. The van der Waals surface area contributed by atoms with E-state index in [1.54, 1.807) is 21.8 Å². The normalized spacial score (nSPS) is 17.3. The van der Waals surface area contributed by atoms with E-state index in [-0.39, 0.29) is 12.1 Å². The first-order valence-corrected chi connectivity index (χ1v) is 10.1. The zero-order valence-electron chi connectivity index (χ0n) is 16.8. The van der Waals surface area contributed by atoms with Crippen molar-refractivity contribution in [3.05, 3.63) is 30.5 Å². The molecule has 1 saturated heterocycles. The van der Waals surface area contributed by atoms with Gasteiger partial charge in [0.15, 0.2) is 5.82 Å². The van der Waals surface area contributed by atoms with E-state index in [1.165, 1.54) is 0 Å². The molecule has 0 bridgehead atoms. The van der Waals surface area contributed by atoms with Crippen molar-refractivity contribution in [3.63, 3.8) is 0 Å². The maximum Gasteiger partial charge on any atom is 0.323 e. The minimum Gasteiger partial charge on any atom is -0.334 e. The van der Waals surface area contributed by atoms with Crippen LogP contribution in [0.5, 0.6) is 0 Å². The Bertz CT molecular complexity index is 959. The zero-order valence-corrected chi connectivity index (χ0v) is 16.8. The van der Waals surface area contributed by atoms with Gasteiger partial charge in [0.2, 0.25) is 0 Å². The average molecular weight is 398 g/mol. The molecule has 4 heterocycles. The van der Waals surface area contributed by atoms with Crippen LogP contribution in [0.4, 0.5) is 10.6 Å². The molecule has 0 saturated carbocycles. The molecule has 154 valence electrons. The van der Waals surface area contributed by atoms with Gasteiger partial charge in [0, 0.05) is 32.4 Å². The number of carbonyl (C=O) groups excluding carboxylic acids is 1. The lowest BCUT2D eigenvalue weighted by atomic mass is 10.1. The summed E-state index contributed by atoms with van der Waals surface area (Å²) in [7, 11) is 1.83. The van der Waals surface area contributed by atoms with Crippen molar-refractivity contribution < 1.29 is 9.32 Å². The molecule has 1 aliphatic rings. The Kier molecular flexibility index (Phi) is 5.59. The molecule has 1 unspecified atom stereocenters. The lowest BCUT2D eigenvalue weighted by Gasteiger charge is -2.28. The highest BCUT2D eigenvalue weighted by Crippen LogP contribution is 2.30. The fourth-order valence-electron chi connectivity index (χ4n) is 3.65. The van der Waals surface area contributed by atoms with Gasteiger partial charge in [-0.2, -0.15) is 15.2 Å². The fraction of sp³-hybridized carbons (Fsp3) is 0.526. The highest BCUT2D eigenvalue weighted by atomic mass is 16.5. The van der Waals surface area contributed by atoms with Crippen molar-refractivity contribution in [2.45, 2.75) is 51.6 Å². The monoisotopic (exact) mass is 398 g/mol. The van der Waals surface area contributed by atoms with Crippen LogP contribution in [0.3, 0.4) is 0 Å². The molecular weight excluding hydrogens is 372 g/mol. The summed E-state index contributed by atoms with van der Waals surface area (Å²) in [6.45, 7) is 3.48. The molecule has 1 atom stereocenters. The van der Waals surface area contributed by atoms with Crippen LogP contribution >= 0.6 is 0 Å². The molecule has 2 amide bonds. The second kappa shape index (κ2) is 8.46. The summed E-state index contributed by atoms with van der Waals surface area (Å²) in [6.07, 6.45) is 9.98. The van der Waals surface area contributed by atoms with Crippen LogP contribution in [0.2, 0.25) is 0 Å². The van der Waals surface area contributed by atoms with Crippen molar-refractivity contribution in [2.75, 3.05) is 11.9 Å². The molecule has 3 aromatic heterocycles. The molecule has 4 rings (SSSR count). The van der Waals surface area contributed by atoms with Gasteiger partial charge in [-0.1, -0.05) is 24.9 Å². The van der Waals surface area contributed by atoms with Gasteiger partial charge in [-0.25, -0.2) is 9.48 Å². The average Bonchev–Trinajstić information content (AvgIpc) is 3.41. The molecular formula is C19H26N8O2. The highest BCUT2D eigenvalue weighted by molar-refractivity contribution is 5.88. The predicted molar refractivity (Wildman–Crippen MR) is 106 cm³/mol. The Morgan fingerprint density at radius 3 is 3.00 bits per heavy atom. The summed E-state index contributed by atoms with van der Waals surface area (Å²) >= 11 is 0. The Morgan fingerprint density at radius 2 is 2.21 bits per heavy atom. The highest BCUT2D eigenvalue weighted by Gasteiger charge is 2.31. The molecule has 29 heavy (non-hydrogen) atoms. The van der Waals surface area contributed by atoms with Gasteiger partial charge in [-0.05, 0) is 19.3 Å². The molecule has 3 aromatic rings. The lowest BCUT2D eigenvalue weighted by Crippen LogP contribution is -2.39. The van der Waals surface area contributed by atoms with Gasteiger partial charge >= 0.3 is 6.03 Å². The molecule has 10 heteroatoms. The third-order valence-electron chi connectivity index (χ3n) is 5.09. The maximum atomic E-state index is 13.1. The molecule has 10 nitrogen and oxygen atoms in total. The lowest BCUT2D eigenvalue weighted by molar-refractivity contribution is 0.184. The van der Waals surface area contributed by atoms with E-state index in [0.29, 0.717) is 24.1 Å². The number of likely N-dealkylation sites (tertiary alicyclic amines) is 1. The Morgan fingerprint density at radius 1 is 1.31 bits per heavy atom. The van der Waals surface area contributed by atoms with E-state index in [9.17, 15) is 4.79 Å². The van der Waals surface area contributed by atoms with Gasteiger partial charge in [0.05, 0.1) is 24.0 Å².